The molecule has 2 atom stereocenters. The van der Waals surface area contributed by atoms with Gasteiger partial charge in [0.2, 0.25) is 0 Å². The molecule has 1 N–H and O–H groups in total. The Kier molecular flexibility index (Phi) is 7.41. The Labute approximate surface area is 119 Å². The van der Waals surface area contributed by atoms with Gasteiger partial charge in [0.25, 0.3) is 0 Å². The average Bonchev–Trinajstić information content (AvgIpc) is 2.84. The fraction of sp³-hybridized carbons (Fsp3) is 0.938. The number of hydrogen-bond acceptors (Lipinski definition) is 3. The number of nitriles is 1. The number of unbranched alkanes of at least 4 members (excludes halogenated alkanes) is 1. The molecule has 110 valence electrons. The molecule has 0 heterocycles. The van der Waals surface area contributed by atoms with Gasteiger partial charge in [0, 0.05) is 0 Å². The highest BCUT2D eigenvalue weighted by atomic mass is 15.1. The van der Waals surface area contributed by atoms with E-state index in [0.29, 0.717) is 5.92 Å². The van der Waals surface area contributed by atoms with Crippen LogP contribution >= 0.6 is 0 Å². The lowest BCUT2D eigenvalue weighted by Crippen LogP contribution is -2.48. The van der Waals surface area contributed by atoms with Gasteiger partial charge in [0.1, 0.15) is 5.54 Å². The summed E-state index contributed by atoms with van der Waals surface area (Å²) in [6.07, 6.45) is 8.25. The lowest BCUT2D eigenvalue weighted by atomic mass is 9.85. The van der Waals surface area contributed by atoms with Gasteiger partial charge >= 0.3 is 0 Å². The molecule has 0 aliphatic heterocycles. The van der Waals surface area contributed by atoms with E-state index >= 15 is 0 Å². The Morgan fingerprint density at radius 3 is 2.74 bits per heavy atom. The Morgan fingerprint density at radius 1 is 1.32 bits per heavy atom. The first-order valence-electron chi connectivity index (χ1n) is 8.03. The smallest absolute Gasteiger partial charge is 0.109 e. The SMILES string of the molecule is CCCCN(C)CCC1CCCC1(C#N)NCCC. The molecule has 19 heavy (non-hydrogen) atoms. The van der Waals surface area contributed by atoms with Crippen molar-refractivity contribution >= 4 is 0 Å². The highest BCUT2D eigenvalue weighted by Crippen LogP contribution is 2.37. The van der Waals surface area contributed by atoms with Gasteiger partial charge in [-0.25, -0.2) is 0 Å². The first-order chi connectivity index (χ1) is 9.18. The summed E-state index contributed by atoms with van der Waals surface area (Å²) >= 11 is 0. The molecule has 0 amide bonds. The molecule has 3 nitrogen and oxygen atoms in total. The minimum absolute atomic E-state index is 0.235. The summed E-state index contributed by atoms with van der Waals surface area (Å²) in [6.45, 7) is 7.68. The zero-order valence-electron chi connectivity index (χ0n) is 13.0. The lowest BCUT2D eigenvalue weighted by molar-refractivity contribution is 0.248. The number of rotatable bonds is 9. The largest absolute Gasteiger partial charge is 0.306 e. The molecule has 0 saturated heterocycles. The Balaban J connectivity index is 2.44. The van der Waals surface area contributed by atoms with Crippen molar-refractivity contribution < 1.29 is 0 Å². The van der Waals surface area contributed by atoms with Crippen LogP contribution in [0.4, 0.5) is 0 Å². The normalized spacial score (nSPS) is 26.8. The van der Waals surface area contributed by atoms with Gasteiger partial charge in [-0.3, -0.25) is 5.32 Å². The van der Waals surface area contributed by atoms with Crippen LogP contribution in [0.2, 0.25) is 0 Å². The van der Waals surface area contributed by atoms with Crippen LogP contribution in [-0.4, -0.2) is 37.1 Å². The van der Waals surface area contributed by atoms with E-state index in [-0.39, 0.29) is 5.54 Å². The average molecular weight is 265 g/mol. The van der Waals surface area contributed by atoms with E-state index in [1.165, 1.54) is 32.2 Å². The molecule has 0 aromatic heterocycles. The summed E-state index contributed by atoms with van der Waals surface area (Å²) in [5.74, 6) is 0.535. The predicted octanol–water partition coefficient (Wildman–Crippen LogP) is 3.17. The van der Waals surface area contributed by atoms with Gasteiger partial charge in [0.05, 0.1) is 6.07 Å². The molecule has 3 heteroatoms. The molecule has 0 aromatic carbocycles. The molecule has 0 spiro atoms. The monoisotopic (exact) mass is 265 g/mol. The van der Waals surface area contributed by atoms with Crippen LogP contribution in [0.5, 0.6) is 0 Å². The zero-order chi connectivity index (χ0) is 14.1. The van der Waals surface area contributed by atoms with E-state index in [0.717, 1.165) is 32.4 Å². The van der Waals surface area contributed by atoms with Crippen molar-refractivity contribution in [3.63, 3.8) is 0 Å². The van der Waals surface area contributed by atoms with Crippen molar-refractivity contribution in [1.82, 2.24) is 10.2 Å². The fourth-order valence-corrected chi connectivity index (χ4v) is 3.15. The van der Waals surface area contributed by atoms with Crippen LogP contribution in [0, 0.1) is 17.2 Å². The first-order valence-corrected chi connectivity index (χ1v) is 8.03. The van der Waals surface area contributed by atoms with E-state index in [9.17, 15) is 5.26 Å². The first kappa shape index (κ1) is 16.5. The Morgan fingerprint density at radius 2 is 2.11 bits per heavy atom. The van der Waals surface area contributed by atoms with Crippen LogP contribution in [-0.2, 0) is 0 Å². The molecule has 1 aliphatic rings. The van der Waals surface area contributed by atoms with E-state index in [4.69, 9.17) is 0 Å². The third-order valence-corrected chi connectivity index (χ3v) is 4.46. The third-order valence-electron chi connectivity index (χ3n) is 4.46. The van der Waals surface area contributed by atoms with Gasteiger partial charge in [-0.1, -0.05) is 26.7 Å². The predicted molar refractivity (Wildman–Crippen MR) is 81.0 cm³/mol. The molecule has 1 rings (SSSR count). The fourth-order valence-electron chi connectivity index (χ4n) is 3.15. The van der Waals surface area contributed by atoms with Gasteiger partial charge in [0.15, 0.2) is 0 Å². The summed E-state index contributed by atoms with van der Waals surface area (Å²) in [5, 5.41) is 13.1. The molecular weight excluding hydrogens is 234 g/mol. The van der Waals surface area contributed by atoms with E-state index in [1.54, 1.807) is 0 Å². The summed E-state index contributed by atoms with van der Waals surface area (Å²) in [7, 11) is 2.21. The highest BCUT2D eigenvalue weighted by molar-refractivity contribution is 5.14. The summed E-state index contributed by atoms with van der Waals surface area (Å²) in [4.78, 5) is 2.42. The second-order valence-electron chi connectivity index (χ2n) is 6.04. The van der Waals surface area contributed by atoms with Gasteiger partial charge in [-0.05, 0) is 64.7 Å². The van der Waals surface area contributed by atoms with Gasteiger partial charge in [-0.2, -0.15) is 5.26 Å². The van der Waals surface area contributed by atoms with Crippen LogP contribution in [0.25, 0.3) is 0 Å². The number of nitrogens with zero attached hydrogens (tertiary/aromatic N) is 2. The van der Waals surface area contributed by atoms with E-state index in [2.05, 4.69) is 37.2 Å². The van der Waals surface area contributed by atoms with Crippen LogP contribution in [0.1, 0.15) is 58.8 Å². The lowest BCUT2D eigenvalue weighted by Gasteiger charge is -2.31. The van der Waals surface area contributed by atoms with Crippen LogP contribution < -0.4 is 5.32 Å². The van der Waals surface area contributed by atoms with Gasteiger partial charge in [-0.15, -0.1) is 0 Å². The van der Waals surface area contributed by atoms with Gasteiger partial charge < -0.3 is 4.90 Å². The maximum atomic E-state index is 9.59. The molecule has 0 radical (unpaired) electrons. The molecule has 1 aliphatic carbocycles. The Bertz CT molecular complexity index is 284. The van der Waals surface area contributed by atoms with E-state index < -0.39 is 0 Å². The third kappa shape index (κ3) is 4.78. The molecular formula is C16H31N3. The minimum atomic E-state index is -0.235. The maximum absolute atomic E-state index is 9.59. The molecule has 1 saturated carbocycles. The summed E-state index contributed by atoms with van der Waals surface area (Å²) in [5.41, 5.74) is -0.235. The number of hydrogen-bond donors (Lipinski definition) is 1. The van der Waals surface area contributed by atoms with Crippen molar-refractivity contribution in [3.8, 4) is 6.07 Å². The summed E-state index contributed by atoms with van der Waals surface area (Å²) < 4.78 is 0. The maximum Gasteiger partial charge on any atom is 0.109 e. The molecule has 0 aromatic rings. The standard InChI is InChI=1S/C16H31N3/c1-4-6-12-19(3)13-9-15-8-7-10-16(15,14-17)18-11-5-2/h15,18H,4-13H2,1-3H3. The summed E-state index contributed by atoms with van der Waals surface area (Å²) in [6, 6.07) is 2.60. The number of nitrogens with one attached hydrogen (secondary N) is 1. The molecule has 1 fully saturated rings. The van der Waals surface area contributed by atoms with Crippen molar-refractivity contribution in [2.75, 3.05) is 26.7 Å². The van der Waals surface area contributed by atoms with Crippen LogP contribution in [0.3, 0.4) is 0 Å². The molecule has 2 unspecified atom stereocenters. The zero-order valence-corrected chi connectivity index (χ0v) is 13.0. The second-order valence-corrected chi connectivity index (χ2v) is 6.04. The minimum Gasteiger partial charge on any atom is -0.306 e. The van der Waals surface area contributed by atoms with E-state index in [1.807, 2.05) is 0 Å². The van der Waals surface area contributed by atoms with Crippen molar-refractivity contribution in [3.05, 3.63) is 0 Å². The van der Waals surface area contributed by atoms with Crippen molar-refractivity contribution in [1.29, 1.82) is 5.26 Å². The quantitative estimate of drug-likeness (QED) is 0.696. The topological polar surface area (TPSA) is 39.1 Å². The Hall–Kier alpha value is -0.590. The van der Waals surface area contributed by atoms with Crippen molar-refractivity contribution in [2.45, 2.75) is 64.3 Å². The second kappa shape index (κ2) is 8.55. The van der Waals surface area contributed by atoms with Crippen molar-refractivity contribution in [2.24, 2.45) is 5.92 Å². The van der Waals surface area contributed by atoms with Crippen LogP contribution in [0.15, 0.2) is 0 Å². The molecule has 0 bridgehead atoms. The highest BCUT2D eigenvalue weighted by Gasteiger charge is 2.42.